The predicted molar refractivity (Wildman–Crippen MR) is 74.5 cm³/mol. The Labute approximate surface area is 113 Å². The van der Waals surface area contributed by atoms with Crippen LogP contribution in [-0.4, -0.2) is 9.38 Å². The molecule has 3 heterocycles. The van der Waals surface area contributed by atoms with Crippen molar-refractivity contribution in [3.05, 3.63) is 40.2 Å². The molecule has 0 aromatic carbocycles. The molecule has 0 saturated heterocycles. The first-order valence-electron chi connectivity index (χ1n) is 5.57. The number of halogens is 1. The fourth-order valence-electron chi connectivity index (χ4n) is 2.03. The van der Waals surface area contributed by atoms with Gasteiger partial charge in [0.05, 0.1) is 0 Å². The number of nitrogens with two attached hydrogens (primary N) is 1. The van der Waals surface area contributed by atoms with Crippen LogP contribution in [0.25, 0.3) is 17.1 Å². The Bertz CT molecular complexity index is 742. The Hall–Kier alpha value is -1.75. The normalized spacial score (nSPS) is 11.3. The lowest BCUT2D eigenvalue weighted by Gasteiger charge is -2.00. The quantitative estimate of drug-likeness (QED) is 0.748. The molecule has 0 amide bonds. The minimum atomic E-state index is 0.587. The van der Waals surface area contributed by atoms with Crippen LogP contribution in [-0.2, 0) is 0 Å². The van der Waals surface area contributed by atoms with Gasteiger partial charge in [0.1, 0.15) is 22.9 Å². The Morgan fingerprint density at radius 3 is 2.78 bits per heavy atom. The van der Waals surface area contributed by atoms with E-state index in [1.165, 1.54) is 0 Å². The molecular formula is C13H12BrN3O. The summed E-state index contributed by atoms with van der Waals surface area (Å²) in [5.41, 5.74) is 8.73. The van der Waals surface area contributed by atoms with Crippen molar-refractivity contribution < 1.29 is 4.42 Å². The van der Waals surface area contributed by atoms with E-state index in [1.807, 2.05) is 42.6 Å². The number of nitrogens with zero attached hydrogens (tertiary/aromatic N) is 2. The molecule has 92 valence electrons. The van der Waals surface area contributed by atoms with E-state index in [0.717, 1.165) is 21.4 Å². The van der Waals surface area contributed by atoms with E-state index in [1.54, 1.807) is 0 Å². The van der Waals surface area contributed by atoms with Gasteiger partial charge in [-0.15, -0.1) is 0 Å². The van der Waals surface area contributed by atoms with Crippen LogP contribution in [0.5, 0.6) is 0 Å². The maximum atomic E-state index is 6.14. The zero-order chi connectivity index (χ0) is 12.9. The molecule has 2 N–H and O–H groups in total. The van der Waals surface area contributed by atoms with Crippen molar-refractivity contribution in [2.75, 3.05) is 5.73 Å². The number of hydrogen-bond acceptors (Lipinski definition) is 3. The number of imidazole rings is 1. The van der Waals surface area contributed by atoms with Gasteiger partial charge in [0.15, 0.2) is 5.76 Å². The van der Waals surface area contributed by atoms with Crippen LogP contribution in [0.3, 0.4) is 0 Å². The summed E-state index contributed by atoms with van der Waals surface area (Å²) < 4.78 is 8.42. The van der Waals surface area contributed by atoms with Gasteiger partial charge in [0.2, 0.25) is 0 Å². The third kappa shape index (κ3) is 1.62. The molecule has 0 spiro atoms. The standard InChI is InChI=1S/C13H12BrN3O/c1-7-5-9(14)6-17-12(15)11(16-13(7)17)10-4-3-8(2)18-10/h3-6H,15H2,1-2H3. The van der Waals surface area contributed by atoms with Gasteiger partial charge in [-0.05, 0) is 53.5 Å². The molecule has 0 aliphatic carbocycles. The number of fused-ring (bicyclic) bond motifs is 1. The first-order chi connectivity index (χ1) is 8.56. The molecule has 3 rings (SSSR count). The molecule has 0 unspecified atom stereocenters. The minimum absolute atomic E-state index is 0.587. The lowest BCUT2D eigenvalue weighted by atomic mass is 10.3. The van der Waals surface area contributed by atoms with E-state index in [0.29, 0.717) is 17.3 Å². The van der Waals surface area contributed by atoms with Crippen LogP contribution in [0.2, 0.25) is 0 Å². The van der Waals surface area contributed by atoms with E-state index in [-0.39, 0.29) is 0 Å². The number of furan rings is 1. The number of aryl methyl sites for hydroxylation is 2. The molecule has 0 aliphatic rings. The van der Waals surface area contributed by atoms with E-state index in [2.05, 4.69) is 20.9 Å². The lowest BCUT2D eigenvalue weighted by molar-refractivity contribution is 0.547. The van der Waals surface area contributed by atoms with Gasteiger partial charge in [-0.1, -0.05) is 0 Å². The van der Waals surface area contributed by atoms with Crippen molar-refractivity contribution in [1.82, 2.24) is 9.38 Å². The maximum Gasteiger partial charge on any atom is 0.156 e. The van der Waals surface area contributed by atoms with Crippen LogP contribution < -0.4 is 5.73 Å². The predicted octanol–water partition coefficient (Wildman–Crippen LogP) is 3.56. The lowest BCUT2D eigenvalue weighted by Crippen LogP contribution is -1.94. The molecule has 5 heteroatoms. The minimum Gasteiger partial charge on any atom is -0.460 e. The van der Waals surface area contributed by atoms with Crippen molar-refractivity contribution in [3.63, 3.8) is 0 Å². The smallest absolute Gasteiger partial charge is 0.156 e. The van der Waals surface area contributed by atoms with Gasteiger partial charge >= 0.3 is 0 Å². The third-order valence-corrected chi connectivity index (χ3v) is 3.32. The fourth-order valence-corrected chi connectivity index (χ4v) is 2.58. The summed E-state index contributed by atoms with van der Waals surface area (Å²) in [4.78, 5) is 4.56. The first kappa shape index (κ1) is 11.3. The van der Waals surface area contributed by atoms with Gasteiger partial charge in [0.25, 0.3) is 0 Å². The molecule has 3 aromatic heterocycles. The van der Waals surface area contributed by atoms with Crippen LogP contribution >= 0.6 is 15.9 Å². The number of hydrogen-bond donors (Lipinski definition) is 1. The molecule has 4 nitrogen and oxygen atoms in total. The van der Waals surface area contributed by atoms with Gasteiger partial charge in [-0.25, -0.2) is 4.98 Å². The number of pyridine rings is 1. The van der Waals surface area contributed by atoms with Gasteiger partial charge in [-0.3, -0.25) is 4.40 Å². The summed E-state index contributed by atoms with van der Waals surface area (Å²) in [6.45, 7) is 3.90. The Balaban J connectivity index is 2.32. The summed E-state index contributed by atoms with van der Waals surface area (Å²) in [6, 6.07) is 5.80. The van der Waals surface area contributed by atoms with Crippen LogP contribution in [0.1, 0.15) is 11.3 Å². The molecule has 18 heavy (non-hydrogen) atoms. The second-order valence-electron chi connectivity index (χ2n) is 4.29. The average molecular weight is 306 g/mol. The molecule has 0 atom stereocenters. The van der Waals surface area contributed by atoms with E-state index in [4.69, 9.17) is 10.2 Å². The zero-order valence-corrected chi connectivity index (χ0v) is 11.7. The Kier molecular flexibility index (Phi) is 2.45. The second kappa shape index (κ2) is 3.88. The topological polar surface area (TPSA) is 56.5 Å². The largest absolute Gasteiger partial charge is 0.460 e. The average Bonchev–Trinajstić information content (AvgIpc) is 2.85. The van der Waals surface area contributed by atoms with E-state index < -0.39 is 0 Å². The highest BCUT2D eigenvalue weighted by atomic mass is 79.9. The first-order valence-corrected chi connectivity index (χ1v) is 6.36. The number of rotatable bonds is 1. The Morgan fingerprint density at radius 1 is 1.33 bits per heavy atom. The second-order valence-corrected chi connectivity index (χ2v) is 5.21. The summed E-state index contributed by atoms with van der Waals surface area (Å²) in [6.07, 6.45) is 1.91. The molecular weight excluding hydrogens is 294 g/mol. The Morgan fingerprint density at radius 2 is 2.11 bits per heavy atom. The van der Waals surface area contributed by atoms with Gasteiger partial charge in [-0.2, -0.15) is 0 Å². The van der Waals surface area contributed by atoms with E-state index in [9.17, 15) is 0 Å². The van der Waals surface area contributed by atoms with Crippen molar-refractivity contribution in [1.29, 1.82) is 0 Å². The zero-order valence-electron chi connectivity index (χ0n) is 10.1. The van der Waals surface area contributed by atoms with Crippen molar-refractivity contribution in [2.45, 2.75) is 13.8 Å². The summed E-state index contributed by atoms with van der Waals surface area (Å²) in [7, 11) is 0. The summed E-state index contributed by atoms with van der Waals surface area (Å²) >= 11 is 3.46. The van der Waals surface area contributed by atoms with Gasteiger partial charge < -0.3 is 10.2 Å². The highest BCUT2D eigenvalue weighted by Crippen LogP contribution is 2.30. The van der Waals surface area contributed by atoms with Crippen molar-refractivity contribution in [3.8, 4) is 11.5 Å². The SMILES string of the molecule is Cc1ccc(-c2nc3c(C)cc(Br)cn3c2N)o1. The van der Waals surface area contributed by atoms with Crippen LogP contribution in [0, 0.1) is 13.8 Å². The molecule has 0 bridgehead atoms. The molecule has 0 saturated carbocycles. The fraction of sp³-hybridized carbons (Fsp3) is 0.154. The molecule has 0 fully saturated rings. The summed E-state index contributed by atoms with van der Waals surface area (Å²) in [5.74, 6) is 2.13. The highest BCUT2D eigenvalue weighted by molar-refractivity contribution is 9.10. The highest BCUT2D eigenvalue weighted by Gasteiger charge is 2.15. The number of nitrogen functional groups attached to an aromatic ring is 1. The van der Waals surface area contributed by atoms with Crippen LogP contribution in [0.4, 0.5) is 5.82 Å². The summed E-state index contributed by atoms with van der Waals surface area (Å²) in [5, 5.41) is 0. The van der Waals surface area contributed by atoms with Crippen LogP contribution in [0.15, 0.2) is 33.3 Å². The number of anilines is 1. The molecule has 0 radical (unpaired) electrons. The number of aromatic nitrogens is 2. The van der Waals surface area contributed by atoms with Crippen molar-refractivity contribution in [2.24, 2.45) is 0 Å². The van der Waals surface area contributed by atoms with Gasteiger partial charge in [0, 0.05) is 10.7 Å². The molecule has 3 aromatic rings. The monoisotopic (exact) mass is 305 g/mol. The third-order valence-electron chi connectivity index (χ3n) is 2.88. The maximum absolute atomic E-state index is 6.14. The van der Waals surface area contributed by atoms with Crippen molar-refractivity contribution >= 4 is 27.4 Å². The van der Waals surface area contributed by atoms with E-state index >= 15 is 0 Å². The molecule has 0 aliphatic heterocycles.